The number of hydrogen-bond donors (Lipinski definition) is 0. The van der Waals surface area contributed by atoms with Crippen LogP contribution in [0.4, 0.5) is 4.79 Å². The summed E-state index contributed by atoms with van der Waals surface area (Å²) in [6.45, 7) is 3.43. The van der Waals surface area contributed by atoms with Crippen molar-refractivity contribution in [3.8, 4) is 5.69 Å². The number of benzene rings is 1. The lowest BCUT2D eigenvalue weighted by Crippen LogP contribution is -2.33. The predicted octanol–water partition coefficient (Wildman–Crippen LogP) is 2.41. The van der Waals surface area contributed by atoms with Gasteiger partial charge in [0, 0.05) is 36.4 Å². The topological polar surface area (TPSA) is 50.6 Å². The van der Waals surface area contributed by atoms with Gasteiger partial charge < -0.3 is 14.5 Å². The van der Waals surface area contributed by atoms with Crippen molar-refractivity contribution in [2.24, 2.45) is 0 Å². The van der Waals surface area contributed by atoms with Crippen molar-refractivity contribution in [2.75, 3.05) is 33.3 Å². The fourth-order valence-electron chi connectivity index (χ4n) is 2.49. The van der Waals surface area contributed by atoms with Gasteiger partial charge in [0.25, 0.3) is 0 Å². The monoisotopic (exact) mass is 334 g/mol. The van der Waals surface area contributed by atoms with Gasteiger partial charge in [0.15, 0.2) is 0 Å². The molecule has 0 atom stereocenters. The van der Waals surface area contributed by atoms with Gasteiger partial charge in [-0.3, -0.25) is 0 Å². The minimum absolute atomic E-state index is 0.214. The average Bonchev–Trinajstić information content (AvgIpc) is 3.15. The van der Waals surface area contributed by atoms with Gasteiger partial charge in [-0.2, -0.15) is 5.10 Å². The summed E-state index contributed by atoms with van der Waals surface area (Å²) < 4.78 is 6.75. The zero-order valence-corrected chi connectivity index (χ0v) is 13.7. The molecule has 1 aliphatic rings. The lowest BCUT2D eigenvalue weighted by atomic mass is 10.3. The first kappa shape index (κ1) is 15.8. The molecule has 6 nitrogen and oxygen atoms in total. The molecule has 0 saturated carbocycles. The van der Waals surface area contributed by atoms with Crippen molar-refractivity contribution in [3.05, 3.63) is 47.2 Å². The number of likely N-dealkylation sites (N-methyl/N-ethyl adjacent to an activating group) is 1. The van der Waals surface area contributed by atoms with Crippen molar-refractivity contribution < 1.29 is 9.53 Å². The highest BCUT2D eigenvalue weighted by Gasteiger charge is 2.21. The van der Waals surface area contributed by atoms with Crippen LogP contribution in [0, 0.1) is 0 Å². The first-order valence-corrected chi connectivity index (χ1v) is 7.89. The summed E-state index contributed by atoms with van der Waals surface area (Å²) in [5, 5.41) is 5.09. The maximum absolute atomic E-state index is 11.4. The van der Waals surface area contributed by atoms with E-state index in [-0.39, 0.29) is 6.09 Å². The van der Waals surface area contributed by atoms with Crippen LogP contribution in [0.5, 0.6) is 0 Å². The van der Waals surface area contributed by atoms with E-state index in [1.807, 2.05) is 48.4 Å². The van der Waals surface area contributed by atoms with Crippen LogP contribution >= 0.6 is 11.6 Å². The molecule has 2 aromatic rings. The van der Waals surface area contributed by atoms with Crippen LogP contribution in [0.3, 0.4) is 0 Å². The lowest BCUT2D eigenvalue weighted by molar-refractivity contribution is 0.155. The third-order valence-corrected chi connectivity index (χ3v) is 4.03. The number of rotatable bonds is 6. The molecule has 1 fully saturated rings. The average molecular weight is 335 g/mol. The highest BCUT2D eigenvalue weighted by molar-refractivity contribution is 6.30. The fraction of sp³-hybridized carbons (Fsp3) is 0.375. The number of carbonyl (C=O) groups is 1. The Labute approximate surface area is 140 Å². The van der Waals surface area contributed by atoms with Crippen LogP contribution in [0.25, 0.3) is 5.69 Å². The molecule has 1 aliphatic heterocycles. The zero-order valence-electron chi connectivity index (χ0n) is 13.0. The maximum Gasteiger partial charge on any atom is 0.409 e. The Morgan fingerprint density at radius 1 is 1.35 bits per heavy atom. The second-order valence-electron chi connectivity index (χ2n) is 5.61. The summed E-state index contributed by atoms with van der Waals surface area (Å²) >= 11 is 5.90. The highest BCUT2D eigenvalue weighted by Crippen LogP contribution is 2.14. The molecular weight excluding hydrogens is 316 g/mol. The smallest absolute Gasteiger partial charge is 0.409 e. The number of ether oxygens (including phenoxy) is 1. The molecule has 0 unspecified atom stereocenters. The molecule has 1 amide bonds. The van der Waals surface area contributed by atoms with E-state index in [0.29, 0.717) is 24.7 Å². The number of nitrogens with zero attached hydrogens (tertiary/aromatic N) is 4. The van der Waals surface area contributed by atoms with Crippen LogP contribution in [-0.2, 0) is 11.3 Å². The largest absolute Gasteiger partial charge is 0.448 e. The van der Waals surface area contributed by atoms with Crippen LogP contribution in [0.1, 0.15) is 5.56 Å². The van der Waals surface area contributed by atoms with Gasteiger partial charge in [-0.15, -0.1) is 0 Å². The summed E-state index contributed by atoms with van der Waals surface area (Å²) in [5.74, 6) is 0. The highest BCUT2D eigenvalue weighted by atomic mass is 35.5. The predicted molar refractivity (Wildman–Crippen MR) is 87.8 cm³/mol. The summed E-state index contributed by atoms with van der Waals surface area (Å²) in [4.78, 5) is 15.3. The van der Waals surface area contributed by atoms with Crippen molar-refractivity contribution in [2.45, 2.75) is 6.54 Å². The third-order valence-electron chi connectivity index (χ3n) is 3.78. The second-order valence-corrected chi connectivity index (χ2v) is 6.05. The molecule has 0 N–H and O–H groups in total. The molecule has 122 valence electrons. The van der Waals surface area contributed by atoms with Crippen LogP contribution in [0.15, 0.2) is 36.7 Å². The van der Waals surface area contributed by atoms with Crippen molar-refractivity contribution >= 4 is 17.7 Å². The van der Waals surface area contributed by atoms with Crippen LogP contribution in [0.2, 0.25) is 5.02 Å². The molecule has 23 heavy (non-hydrogen) atoms. The Kier molecular flexibility index (Phi) is 4.83. The summed E-state index contributed by atoms with van der Waals surface area (Å²) in [6.07, 6.45) is 3.65. The molecule has 3 rings (SSSR count). The van der Waals surface area contributed by atoms with Crippen LogP contribution in [-0.4, -0.2) is 59.0 Å². The van der Waals surface area contributed by atoms with Crippen molar-refractivity contribution in [1.29, 1.82) is 0 Å². The van der Waals surface area contributed by atoms with Gasteiger partial charge in [0.05, 0.1) is 18.4 Å². The zero-order chi connectivity index (χ0) is 16.2. The fourth-order valence-corrected chi connectivity index (χ4v) is 2.61. The molecular formula is C16H19ClN4O2. The first-order valence-electron chi connectivity index (χ1n) is 7.51. The van der Waals surface area contributed by atoms with Gasteiger partial charge in [-0.05, 0) is 31.3 Å². The minimum atomic E-state index is -0.214. The second kappa shape index (κ2) is 7.02. The molecule has 1 aromatic heterocycles. The normalized spacial score (nSPS) is 14.6. The van der Waals surface area contributed by atoms with Gasteiger partial charge >= 0.3 is 6.09 Å². The molecule has 0 radical (unpaired) electrons. The summed E-state index contributed by atoms with van der Waals surface area (Å²) in [7, 11) is 2.03. The molecule has 0 bridgehead atoms. The molecule has 2 heterocycles. The first-order chi connectivity index (χ1) is 11.1. The Balaban J connectivity index is 1.53. The Morgan fingerprint density at radius 2 is 2.13 bits per heavy atom. The van der Waals surface area contributed by atoms with E-state index in [9.17, 15) is 4.79 Å². The van der Waals surface area contributed by atoms with E-state index < -0.39 is 0 Å². The Bertz CT molecular complexity index is 671. The van der Waals surface area contributed by atoms with E-state index in [0.717, 1.165) is 24.3 Å². The molecule has 0 spiro atoms. The van der Waals surface area contributed by atoms with E-state index in [4.69, 9.17) is 16.3 Å². The van der Waals surface area contributed by atoms with Gasteiger partial charge in [0.2, 0.25) is 0 Å². The molecule has 0 aliphatic carbocycles. The third kappa shape index (κ3) is 4.03. The van der Waals surface area contributed by atoms with Gasteiger partial charge in [-0.1, -0.05) is 11.6 Å². The molecule has 1 aromatic carbocycles. The lowest BCUT2D eigenvalue weighted by Gasteiger charge is -2.19. The number of cyclic esters (lactones) is 1. The standard InChI is InChI=1S/C16H19ClN4O2/c1-19(6-7-20-8-9-23-16(20)22)11-13-10-18-21(12-13)15-4-2-14(17)3-5-15/h2-5,10,12H,6-9,11H2,1H3. The minimum Gasteiger partial charge on any atom is -0.448 e. The number of halogens is 1. The quantitative estimate of drug-likeness (QED) is 0.814. The Morgan fingerprint density at radius 3 is 2.83 bits per heavy atom. The van der Waals surface area contributed by atoms with E-state index in [1.165, 1.54) is 0 Å². The number of hydrogen-bond acceptors (Lipinski definition) is 4. The molecule has 1 saturated heterocycles. The van der Waals surface area contributed by atoms with E-state index in [2.05, 4.69) is 10.00 Å². The van der Waals surface area contributed by atoms with E-state index >= 15 is 0 Å². The number of amides is 1. The van der Waals surface area contributed by atoms with Gasteiger partial charge in [0.1, 0.15) is 6.61 Å². The maximum atomic E-state index is 11.4. The van der Waals surface area contributed by atoms with Gasteiger partial charge in [-0.25, -0.2) is 9.48 Å². The van der Waals surface area contributed by atoms with E-state index in [1.54, 1.807) is 4.90 Å². The Hall–Kier alpha value is -2.05. The van der Waals surface area contributed by atoms with Crippen LogP contribution < -0.4 is 0 Å². The SMILES string of the molecule is CN(CCN1CCOC1=O)Cc1cnn(-c2ccc(Cl)cc2)c1. The van der Waals surface area contributed by atoms with Crippen molar-refractivity contribution in [1.82, 2.24) is 19.6 Å². The number of carbonyl (C=O) groups excluding carboxylic acids is 1. The summed E-state index contributed by atoms with van der Waals surface area (Å²) in [6, 6.07) is 7.56. The summed E-state index contributed by atoms with van der Waals surface area (Å²) in [5.41, 5.74) is 2.09. The molecule has 7 heteroatoms. The number of aromatic nitrogens is 2. The van der Waals surface area contributed by atoms with Crippen molar-refractivity contribution in [3.63, 3.8) is 0 Å².